The second kappa shape index (κ2) is 10.0. The van der Waals surface area contributed by atoms with Crippen molar-refractivity contribution in [1.29, 1.82) is 0 Å². The fourth-order valence-electron chi connectivity index (χ4n) is 4.95. The van der Waals surface area contributed by atoms with Gasteiger partial charge in [0.05, 0.1) is 11.9 Å². The van der Waals surface area contributed by atoms with E-state index >= 15 is 0 Å². The van der Waals surface area contributed by atoms with Gasteiger partial charge in [-0.3, -0.25) is 9.59 Å². The molecule has 2 aliphatic rings. The molecule has 0 radical (unpaired) electrons. The molecule has 0 bridgehead atoms. The van der Waals surface area contributed by atoms with Gasteiger partial charge in [-0.05, 0) is 48.7 Å². The normalized spacial score (nSPS) is 18.2. The predicted molar refractivity (Wildman–Crippen MR) is 140 cm³/mol. The minimum Gasteiger partial charge on any atom is -0.348 e. The summed E-state index contributed by atoms with van der Waals surface area (Å²) in [6, 6.07) is 8.30. The Bertz CT molecular complexity index is 1480. The Hall–Kier alpha value is -4.45. The molecule has 9 nitrogen and oxygen atoms in total. The van der Waals surface area contributed by atoms with E-state index in [1.165, 1.54) is 6.08 Å². The molecule has 1 aromatic carbocycles. The number of alkyl halides is 3. The minimum atomic E-state index is -4.55. The van der Waals surface area contributed by atoms with E-state index in [2.05, 4.69) is 31.8 Å². The summed E-state index contributed by atoms with van der Waals surface area (Å²) >= 11 is 0. The molecule has 39 heavy (non-hydrogen) atoms. The number of benzene rings is 1. The summed E-state index contributed by atoms with van der Waals surface area (Å²) in [5.41, 5.74) is 9.53. The van der Waals surface area contributed by atoms with Crippen LogP contribution in [0.3, 0.4) is 0 Å². The van der Waals surface area contributed by atoms with Crippen molar-refractivity contribution in [1.82, 2.24) is 19.8 Å². The van der Waals surface area contributed by atoms with E-state index in [9.17, 15) is 22.8 Å². The van der Waals surface area contributed by atoms with Crippen LogP contribution in [-0.4, -0.2) is 45.7 Å². The SMILES string of the molecule is C=CC(=O)N[C@@H]1CCc2c(-c3ccc(C(=O)Nc4cc(C(F)(F)F)ccn4)cc3)c3c(n2C1)N=CN(C)C3N. The number of carbonyl (C=O) groups is 2. The largest absolute Gasteiger partial charge is 0.416 e. The van der Waals surface area contributed by atoms with Crippen molar-refractivity contribution in [2.75, 3.05) is 12.4 Å². The third kappa shape index (κ3) is 5.02. The zero-order chi connectivity index (χ0) is 27.9. The maximum atomic E-state index is 13.0. The maximum absolute atomic E-state index is 13.0. The summed E-state index contributed by atoms with van der Waals surface area (Å²) in [4.78, 5) is 34.9. The van der Waals surface area contributed by atoms with Crippen molar-refractivity contribution in [2.45, 2.75) is 37.8 Å². The van der Waals surface area contributed by atoms with Crippen LogP contribution in [0, 0.1) is 0 Å². The van der Waals surface area contributed by atoms with Gasteiger partial charge < -0.3 is 25.8 Å². The molecule has 4 heterocycles. The molecule has 202 valence electrons. The lowest BCUT2D eigenvalue weighted by Crippen LogP contribution is -2.40. The van der Waals surface area contributed by atoms with Crippen LogP contribution in [0.4, 0.5) is 24.8 Å². The summed E-state index contributed by atoms with van der Waals surface area (Å²) in [6.07, 6.45) is 0.296. The molecule has 2 atom stereocenters. The van der Waals surface area contributed by atoms with E-state index in [0.717, 1.165) is 53.0 Å². The number of aromatic nitrogens is 2. The van der Waals surface area contributed by atoms with Crippen LogP contribution in [0.25, 0.3) is 11.1 Å². The summed E-state index contributed by atoms with van der Waals surface area (Å²) in [7, 11) is 1.83. The number of hydrogen-bond acceptors (Lipinski definition) is 6. The quantitative estimate of drug-likeness (QED) is 0.426. The lowest BCUT2D eigenvalue weighted by molar-refractivity contribution is -0.137. The molecule has 3 aromatic rings. The van der Waals surface area contributed by atoms with Gasteiger partial charge in [-0.25, -0.2) is 9.98 Å². The average molecular weight is 538 g/mol. The first-order valence-electron chi connectivity index (χ1n) is 12.2. The van der Waals surface area contributed by atoms with Gasteiger partial charge in [-0.1, -0.05) is 18.7 Å². The highest BCUT2D eigenvalue weighted by Crippen LogP contribution is 2.45. The summed E-state index contributed by atoms with van der Waals surface area (Å²) in [6.45, 7) is 4.04. The number of amides is 2. The Morgan fingerprint density at radius 2 is 1.95 bits per heavy atom. The third-order valence-electron chi connectivity index (χ3n) is 6.91. The molecule has 0 fully saturated rings. The summed E-state index contributed by atoms with van der Waals surface area (Å²) in [5.74, 6) is -0.296. The maximum Gasteiger partial charge on any atom is 0.416 e. The van der Waals surface area contributed by atoms with Crippen LogP contribution in [0.2, 0.25) is 0 Å². The third-order valence-corrected chi connectivity index (χ3v) is 6.91. The Kier molecular flexibility index (Phi) is 6.73. The summed E-state index contributed by atoms with van der Waals surface area (Å²) < 4.78 is 41.1. The highest BCUT2D eigenvalue weighted by atomic mass is 19.4. The molecule has 1 unspecified atom stereocenters. The number of pyridine rings is 1. The first-order chi connectivity index (χ1) is 18.6. The van der Waals surface area contributed by atoms with E-state index in [1.54, 1.807) is 35.5 Å². The first kappa shape index (κ1) is 26.2. The molecule has 0 spiro atoms. The second-order valence-electron chi connectivity index (χ2n) is 9.43. The number of aliphatic imine (C=N–C) groups is 1. The van der Waals surface area contributed by atoms with Crippen LogP contribution in [0.5, 0.6) is 0 Å². The van der Waals surface area contributed by atoms with Gasteiger partial charge in [0.2, 0.25) is 5.91 Å². The monoisotopic (exact) mass is 537 g/mol. The average Bonchev–Trinajstić information content (AvgIpc) is 3.24. The molecule has 5 rings (SSSR count). The topological polar surface area (TPSA) is 118 Å². The zero-order valence-electron chi connectivity index (χ0n) is 21.0. The molecule has 2 aromatic heterocycles. The molecular formula is C27H26F3N7O2. The molecule has 0 aliphatic carbocycles. The van der Waals surface area contributed by atoms with Gasteiger partial charge in [-0.2, -0.15) is 13.2 Å². The van der Waals surface area contributed by atoms with Crippen molar-refractivity contribution in [3.63, 3.8) is 0 Å². The van der Waals surface area contributed by atoms with E-state index in [-0.39, 0.29) is 23.3 Å². The van der Waals surface area contributed by atoms with Crippen LogP contribution in [0.1, 0.15) is 39.8 Å². The number of anilines is 1. The highest BCUT2D eigenvalue weighted by Gasteiger charge is 2.34. The molecule has 4 N–H and O–H groups in total. The molecule has 0 saturated heterocycles. The van der Waals surface area contributed by atoms with E-state index in [0.29, 0.717) is 13.0 Å². The van der Waals surface area contributed by atoms with Crippen molar-refractivity contribution in [3.8, 4) is 11.1 Å². The van der Waals surface area contributed by atoms with Gasteiger partial charge in [0.1, 0.15) is 17.8 Å². The van der Waals surface area contributed by atoms with E-state index < -0.39 is 23.8 Å². The molecule has 2 amide bonds. The number of nitrogens with zero attached hydrogens (tertiary/aromatic N) is 4. The van der Waals surface area contributed by atoms with Crippen molar-refractivity contribution < 1.29 is 22.8 Å². The standard InChI is InChI=1S/C27H26F3N7O2/c1-3-21(38)34-18-8-9-19-22(23-24(31)36(2)14-33-25(23)37(19)13-18)15-4-6-16(7-5-15)26(39)35-20-12-17(10-11-32-20)27(28,29)30/h3-7,10-12,14,18,24H,1,8-9,13,31H2,2H3,(H,34,38)(H,32,35,39)/t18-,24?/m1/s1. The number of fused-ring (bicyclic) bond motifs is 3. The lowest BCUT2D eigenvalue weighted by Gasteiger charge is -2.28. The second-order valence-corrected chi connectivity index (χ2v) is 9.43. The number of nitrogens with one attached hydrogen (secondary N) is 2. The van der Waals surface area contributed by atoms with Gasteiger partial charge in [0, 0.05) is 48.2 Å². The van der Waals surface area contributed by atoms with Crippen molar-refractivity contribution >= 4 is 29.8 Å². The van der Waals surface area contributed by atoms with Crippen LogP contribution < -0.4 is 16.4 Å². The van der Waals surface area contributed by atoms with Crippen molar-refractivity contribution in [2.24, 2.45) is 10.7 Å². The number of carbonyl (C=O) groups excluding carboxylic acids is 2. The van der Waals surface area contributed by atoms with Crippen LogP contribution >= 0.6 is 0 Å². The van der Waals surface area contributed by atoms with Gasteiger partial charge in [0.15, 0.2) is 0 Å². The Labute approximate surface area is 222 Å². The predicted octanol–water partition coefficient (Wildman–Crippen LogP) is 4.00. The van der Waals surface area contributed by atoms with Crippen LogP contribution in [-0.2, 0) is 23.9 Å². The van der Waals surface area contributed by atoms with Crippen LogP contribution in [0.15, 0.2) is 60.2 Å². The van der Waals surface area contributed by atoms with Gasteiger partial charge >= 0.3 is 6.18 Å². The number of rotatable bonds is 5. The van der Waals surface area contributed by atoms with E-state index in [1.807, 2.05) is 7.05 Å². The fraction of sp³-hybridized carbons (Fsp3) is 0.259. The molecule has 0 saturated carbocycles. The van der Waals surface area contributed by atoms with E-state index in [4.69, 9.17) is 5.73 Å². The van der Waals surface area contributed by atoms with Gasteiger partial charge in [0.25, 0.3) is 5.91 Å². The van der Waals surface area contributed by atoms with Gasteiger partial charge in [-0.15, -0.1) is 0 Å². The highest BCUT2D eigenvalue weighted by molar-refractivity contribution is 6.04. The Morgan fingerprint density at radius 3 is 2.64 bits per heavy atom. The first-order valence-corrected chi connectivity index (χ1v) is 12.2. The fourth-order valence-corrected chi connectivity index (χ4v) is 4.95. The Morgan fingerprint density at radius 1 is 1.21 bits per heavy atom. The van der Waals surface area contributed by atoms with Crippen molar-refractivity contribution in [3.05, 3.63) is 77.6 Å². The molecule has 12 heteroatoms. The Balaban J connectivity index is 1.45. The molecular weight excluding hydrogens is 511 g/mol. The zero-order valence-corrected chi connectivity index (χ0v) is 21.0. The number of nitrogens with two attached hydrogens (primary N) is 1. The lowest BCUT2D eigenvalue weighted by atomic mass is 9.94. The summed E-state index contributed by atoms with van der Waals surface area (Å²) in [5, 5.41) is 5.37. The minimum absolute atomic E-state index is 0.0889. The number of hydrogen-bond donors (Lipinski definition) is 3. The smallest absolute Gasteiger partial charge is 0.348 e. The molecule has 2 aliphatic heterocycles. The number of halogens is 3.